The van der Waals surface area contributed by atoms with Crippen molar-refractivity contribution < 1.29 is 9.59 Å². The summed E-state index contributed by atoms with van der Waals surface area (Å²) in [7, 11) is 0. The lowest BCUT2D eigenvalue weighted by Gasteiger charge is -2.13. The predicted molar refractivity (Wildman–Crippen MR) is 91.0 cm³/mol. The van der Waals surface area contributed by atoms with Crippen LogP contribution in [0.1, 0.15) is 46.0 Å². The van der Waals surface area contributed by atoms with Crippen LogP contribution in [0.5, 0.6) is 0 Å². The van der Waals surface area contributed by atoms with Gasteiger partial charge in [-0.15, -0.1) is 0 Å². The maximum absolute atomic E-state index is 12.4. The molecule has 24 heavy (non-hydrogen) atoms. The highest BCUT2D eigenvalue weighted by molar-refractivity contribution is 6.04. The smallest absolute Gasteiger partial charge is 0.276 e. The minimum absolute atomic E-state index is 0.0799. The average molecular weight is 327 g/mol. The molecule has 3 rings (SSSR count). The van der Waals surface area contributed by atoms with Crippen LogP contribution >= 0.6 is 0 Å². The van der Waals surface area contributed by atoms with Crippen LogP contribution in [-0.2, 0) is 13.0 Å². The van der Waals surface area contributed by atoms with E-state index in [-0.39, 0.29) is 17.9 Å². The van der Waals surface area contributed by atoms with Crippen molar-refractivity contribution in [3.63, 3.8) is 0 Å². The number of anilines is 1. The van der Waals surface area contributed by atoms with Gasteiger partial charge in [-0.05, 0) is 38.1 Å². The normalized spacial score (nSPS) is 13.5. The van der Waals surface area contributed by atoms with Gasteiger partial charge in [-0.2, -0.15) is 5.10 Å². The van der Waals surface area contributed by atoms with Crippen molar-refractivity contribution >= 4 is 17.5 Å². The summed E-state index contributed by atoms with van der Waals surface area (Å²) in [6.07, 6.45) is 0.843. The Hall–Kier alpha value is -2.67. The van der Waals surface area contributed by atoms with Gasteiger partial charge in [0, 0.05) is 48.1 Å². The average Bonchev–Trinajstić information content (AvgIpc) is 2.99. The zero-order valence-corrected chi connectivity index (χ0v) is 13.8. The van der Waals surface area contributed by atoms with E-state index in [1.807, 2.05) is 13.8 Å². The van der Waals surface area contributed by atoms with E-state index in [4.69, 9.17) is 0 Å². The third kappa shape index (κ3) is 3.46. The van der Waals surface area contributed by atoms with Gasteiger partial charge in [0.05, 0.1) is 0 Å². The zero-order chi connectivity index (χ0) is 17.1. The van der Waals surface area contributed by atoms with E-state index >= 15 is 0 Å². The monoisotopic (exact) mass is 327 g/mol. The van der Waals surface area contributed by atoms with E-state index in [0.29, 0.717) is 23.5 Å². The molecule has 2 aromatic rings. The number of hydrogen-bond donors (Lipinski definition) is 4. The van der Waals surface area contributed by atoms with Crippen LogP contribution in [0.2, 0.25) is 0 Å². The molecule has 0 radical (unpaired) electrons. The number of nitrogens with one attached hydrogen (secondary N) is 4. The molecule has 0 saturated carbocycles. The van der Waals surface area contributed by atoms with E-state index in [1.54, 1.807) is 24.3 Å². The summed E-state index contributed by atoms with van der Waals surface area (Å²) in [6.45, 7) is 5.34. The number of fused-ring (bicyclic) bond motifs is 1. The van der Waals surface area contributed by atoms with Crippen molar-refractivity contribution in [1.29, 1.82) is 0 Å². The molecule has 0 saturated heterocycles. The van der Waals surface area contributed by atoms with Gasteiger partial charge in [0.15, 0.2) is 5.69 Å². The van der Waals surface area contributed by atoms with E-state index in [2.05, 4.69) is 26.1 Å². The third-order valence-electron chi connectivity index (χ3n) is 3.85. The summed E-state index contributed by atoms with van der Waals surface area (Å²) in [6, 6.07) is 6.88. The lowest BCUT2D eigenvalue weighted by Crippen LogP contribution is -2.30. The largest absolute Gasteiger partial charge is 0.350 e. The maximum atomic E-state index is 12.4. The molecule has 126 valence electrons. The molecule has 2 heterocycles. The van der Waals surface area contributed by atoms with Gasteiger partial charge in [-0.25, -0.2) is 0 Å². The Morgan fingerprint density at radius 1 is 1.17 bits per heavy atom. The van der Waals surface area contributed by atoms with Crippen molar-refractivity contribution in [3.8, 4) is 0 Å². The number of carbonyl (C=O) groups excluding carboxylic acids is 2. The Morgan fingerprint density at radius 2 is 1.92 bits per heavy atom. The second-order valence-corrected chi connectivity index (χ2v) is 6.12. The first-order chi connectivity index (χ1) is 11.5. The van der Waals surface area contributed by atoms with Crippen LogP contribution in [0.3, 0.4) is 0 Å². The molecule has 1 aliphatic heterocycles. The van der Waals surface area contributed by atoms with Gasteiger partial charge < -0.3 is 16.0 Å². The number of carbonyl (C=O) groups is 2. The Bertz CT molecular complexity index is 749. The maximum Gasteiger partial charge on any atom is 0.276 e. The Morgan fingerprint density at radius 3 is 2.62 bits per heavy atom. The molecule has 0 unspecified atom stereocenters. The van der Waals surface area contributed by atoms with Crippen LogP contribution in [0.4, 0.5) is 5.69 Å². The number of amides is 2. The third-order valence-corrected chi connectivity index (χ3v) is 3.85. The molecule has 1 aromatic carbocycles. The van der Waals surface area contributed by atoms with E-state index < -0.39 is 0 Å². The second-order valence-electron chi connectivity index (χ2n) is 6.12. The van der Waals surface area contributed by atoms with Crippen LogP contribution in [0.25, 0.3) is 0 Å². The highest BCUT2D eigenvalue weighted by Gasteiger charge is 2.21. The second kappa shape index (κ2) is 6.84. The molecule has 0 atom stereocenters. The molecule has 0 spiro atoms. The topological polar surface area (TPSA) is 98.9 Å². The van der Waals surface area contributed by atoms with Gasteiger partial charge >= 0.3 is 0 Å². The quantitative estimate of drug-likeness (QED) is 0.683. The van der Waals surface area contributed by atoms with Crippen LogP contribution in [0.15, 0.2) is 24.3 Å². The summed E-state index contributed by atoms with van der Waals surface area (Å²) >= 11 is 0. The van der Waals surface area contributed by atoms with Crippen LogP contribution < -0.4 is 16.0 Å². The van der Waals surface area contributed by atoms with Crippen LogP contribution in [-0.4, -0.2) is 34.6 Å². The first kappa shape index (κ1) is 16.2. The minimum Gasteiger partial charge on any atom is -0.350 e. The minimum atomic E-state index is -0.254. The van der Waals surface area contributed by atoms with Crippen molar-refractivity contribution in [2.24, 2.45) is 0 Å². The number of aromatic nitrogens is 2. The first-order valence-corrected chi connectivity index (χ1v) is 8.03. The molecule has 1 aliphatic rings. The molecule has 7 nitrogen and oxygen atoms in total. The first-order valence-electron chi connectivity index (χ1n) is 8.03. The molecule has 0 fully saturated rings. The van der Waals surface area contributed by atoms with Gasteiger partial charge in [-0.1, -0.05) is 0 Å². The number of H-pyrrole nitrogens is 1. The fourth-order valence-electron chi connectivity index (χ4n) is 2.65. The fourth-order valence-corrected chi connectivity index (χ4v) is 2.65. The molecule has 1 aromatic heterocycles. The summed E-state index contributed by atoms with van der Waals surface area (Å²) in [5.74, 6) is -0.383. The number of benzene rings is 1. The predicted octanol–water partition coefficient (Wildman–Crippen LogP) is 1.45. The molecule has 0 aliphatic carbocycles. The standard InChI is InChI=1S/C17H21N5O2/c1-10(2)19-16(23)11-3-5-12(6-4-11)20-17(24)15-13-9-18-8-7-14(13)21-22-15/h3-6,10,18H,7-9H2,1-2H3,(H,19,23)(H,20,24)(H,21,22). The molecule has 4 N–H and O–H groups in total. The summed E-state index contributed by atoms with van der Waals surface area (Å²) in [5, 5.41) is 15.9. The van der Waals surface area contributed by atoms with Crippen molar-refractivity contribution in [2.75, 3.05) is 11.9 Å². The van der Waals surface area contributed by atoms with E-state index in [9.17, 15) is 9.59 Å². The van der Waals surface area contributed by atoms with Crippen molar-refractivity contribution in [2.45, 2.75) is 32.9 Å². The van der Waals surface area contributed by atoms with Gasteiger partial charge in [0.25, 0.3) is 11.8 Å². The highest BCUT2D eigenvalue weighted by atomic mass is 16.2. The number of aromatic amines is 1. The zero-order valence-electron chi connectivity index (χ0n) is 13.8. The lowest BCUT2D eigenvalue weighted by atomic mass is 10.1. The Labute approximate surface area is 140 Å². The van der Waals surface area contributed by atoms with Crippen molar-refractivity contribution in [1.82, 2.24) is 20.8 Å². The molecular formula is C17H21N5O2. The number of hydrogen-bond acceptors (Lipinski definition) is 4. The fraction of sp³-hybridized carbons (Fsp3) is 0.353. The van der Waals surface area contributed by atoms with Crippen molar-refractivity contribution in [3.05, 3.63) is 46.8 Å². The summed E-state index contributed by atoms with van der Waals surface area (Å²) < 4.78 is 0. The molecule has 2 amide bonds. The van der Waals surface area contributed by atoms with Gasteiger partial charge in [0.1, 0.15) is 0 Å². The molecular weight excluding hydrogens is 306 g/mol. The Kier molecular flexibility index (Phi) is 4.61. The molecule has 0 bridgehead atoms. The van der Waals surface area contributed by atoms with Gasteiger partial charge in [-0.3, -0.25) is 14.7 Å². The van der Waals surface area contributed by atoms with Crippen LogP contribution in [0, 0.1) is 0 Å². The van der Waals surface area contributed by atoms with Gasteiger partial charge in [0.2, 0.25) is 0 Å². The summed E-state index contributed by atoms with van der Waals surface area (Å²) in [5.41, 5.74) is 3.54. The van der Waals surface area contributed by atoms with E-state index in [1.165, 1.54) is 0 Å². The number of nitrogens with zero attached hydrogens (tertiary/aromatic N) is 1. The summed E-state index contributed by atoms with van der Waals surface area (Å²) in [4.78, 5) is 24.3. The number of rotatable bonds is 4. The van der Waals surface area contributed by atoms with E-state index in [0.717, 1.165) is 24.2 Å². The molecule has 7 heteroatoms. The lowest BCUT2D eigenvalue weighted by molar-refractivity contribution is 0.0942. The highest BCUT2D eigenvalue weighted by Crippen LogP contribution is 2.17. The SMILES string of the molecule is CC(C)NC(=O)c1ccc(NC(=O)c2n[nH]c3c2CNCC3)cc1. The Balaban J connectivity index is 1.69.